The molecular weight excluding hydrogens is 313 g/mol. The van der Waals surface area contributed by atoms with Crippen molar-refractivity contribution in [1.29, 1.82) is 0 Å². The van der Waals surface area contributed by atoms with E-state index in [9.17, 15) is 19.4 Å². The van der Waals surface area contributed by atoms with Crippen LogP contribution in [0, 0.1) is 5.92 Å². The summed E-state index contributed by atoms with van der Waals surface area (Å²) in [5.74, 6) is -0.892. The topological polar surface area (TPSA) is 101 Å². The molecule has 5 nitrogen and oxygen atoms in total. The first kappa shape index (κ1) is 20.3. The first-order valence-electron chi connectivity index (χ1n) is 8.74. The van der Waals surface area contributed by atoms with Gasteiger partial charge < -0.3 is 10.8 Å². The zero-order chi connectivity index (χ0) is 17.4. The van der Waals surface area contributed by atoms with E-state index < -0.39 is 25.7 Å². The predicted octanol–water partition coefficient (Wildman–Crippen LogP) is 3.98. The summed E-state index contributed by atoms with van der Waals surface area (Å²) in [5.41, 5.74) is 6.00. The lowest BCUT2D eigenvalue weighted by Gasteiger charge is -2.25. The van der Waals surface area contributed by atoms with Crippen molar-refractivity contribution in [3.8, 4) is 0 Å². The lowest BCUT2D eigenvalue weighted by atomic mass is 9.81. The van der Waals surface area contributed by atoms with Crippen LogP contribution in [0.1, 0.15) is 71.6 Å². The van der Waals surface area contributed by atoms with Crippen LogP contribution in [0.2, 0.25) is 0 Å². The van der Waals surface area contributed by atoms with E-state index in [1.807, 2.05) is 6.92 Å². The first-order valence-corrected chi connectivity index (χ1v) is 10.0. The van der Waals surface area contributed by atoms with Crippen LogP contribution >= 0.6 is 8.03 Å². The molecule has 1 saturated carbocycles. The molecule has 132 valence electrons. The van der Waals surface area contributed by atoms with E-state index in [-0.39, 0.29) is 11.5 Å². The number of carboxylic acid groups (broad SMARTS) is 1. The van der Waals surface area contributed by atoms with E-state index >= 15 is 0 Å². The van der Waals surface area contributed by atoms with Crippen LogP contribution in [-0.2, 0) is 9.36 Å². The Morgan fingerprint density at radius 1 is 1.26 bits per heavy atom. The summed E-state index contributed by atoms with van der Waals surface area (Å²) in [4.78, 5) is 21.5. The summed E-state index contributed by atoms with van der Waals surface area (Å²) in [5, 5.41) is 9.66. The summed E-state index contributed by atoms with van der Waals surface area (Å²) >= 11 is 0. The molecule has 0 aliphatic heterocycles. The third-order valence-electron chi connectivity index (χ3n) is 4.95. The molecule has 0 spiro atoms. The molecule has 1 aliphatic rings. The molecule has 0 aromatic rings. The van der Waals surface area contributed by atoms with Gasteiger partial charge in [0.25, 0.3) is 0 Å². The molecule has 1 rings (SSSR count). The summed E-state index contributed by atoms with van der Waals surface area (Å²) in [7, 11) is -2.66. The number of unbranched alkanes of at least 4 members (excludes halogenated alkanes) is 2. The molecule has 3 unspecified atom stereocenters. The molecule has 0 radical (unpaired) electrons. The highest BCUT2D eigenvalue weighted by Crippen LogP contribution is 2.39. The van der Waals surface area contributed by atoms with E-state index in [0.717, 1.165) is 50.5 Å². The smallest absolute Gasteiger partial charge is 0.478 e. The normalized spacial score (nSPS) is 20.6. The number of nitrogens with two attached hydrogens (primary N) is 1. The average Bonchev–Trinajstić information content (AvgIpc) is 2.52. The second-order valence-electron chi connectivity index (χ2n) is 6.64. The number of hydrogen-bond acceptors (Lipinski definition) is 3. The molecule has 0 aromatic heterocycles. The van der Waals surface area contributed by atoms with E-state index in [0.29, 0.717) is 6.42 Å². The molecule has 3 atom stereocenters. The van der Waals surface area contributed by atoms with Gasteiger partial charge in [-0.3, -0.25) is 0 Å². The minimum atomic E-state index is -2.66. The zero-order valence-electron chi connectivity index (χ0n) is 14.3. The van der Waals surface area contributed by atoms with Gasteiger partial charge in [-0.1, -0.05) is 51.0 Å². The van der Waals surface area contributed by atoms with Crippen molar-refractivity contribution in [3.05, 3.63) is 11.1 Å². The molecule has 1 fully saturated rings. The SMILES string of the molecule is CCCCCC(N)C(/C(C(=O)O)=C(/C)C1CCCCC1)[P+](=O)O. The molecule has 0 saturated heterocycles. The van der Waals surface area contributed by atoms with Gasteiger partial charge in [0.2, 0.25) is 5.66 Å². The van der Waals surface area contributed by atoms with Crippen LogP contribution in [0.4, 0.5) is 0 Å². The predicted molar refractivity (Wildman–Crippen MR) is 92.6 cm³/mol. The molecule has 1 aliphatic carbocycles. The molecule has 0 heterocycles. The third-order valence-corrected chi connectivity index (χ3v) is 6.07. The molecule has 0 amide bonds. The Bertz CT molecular complexity index is 444. The highest BCUT2D eigenvalue weighted by molar-refractivity contribution is 7.39. The fourth-order valence-electron chi connectivity index (χ4n) is 3.56. The van der Waals surface area contributed by atoms with Gasteiger partial charge in [-0.2, -0.15) is 4.89 Å². The maximum Gasteiger partial charge on any atom is 0.515 e. The Kier molecular flexibility index (Phi) is 8.96. The standard InChI is InChI=1S/C17H30NO4P/c1-3-4-6-11-14(18)16(23(21)22)15(17(19)20)12(2)13-9-7-5-8-10-13/h13-14,16H,3-11,18H2,1-2H3,(H-,19,20,21,22)/p+1/b15-12+. The number of hydrogen-bond donors (Lipinski definition) is 3. The van der Waals surface area contributed by atoms with Gasteiger partial charge in [-0.15, -0.1) is 0 Å². The summed E-state index contributed by atoms with van der Waals surface area (Å²) in [6.45, 7) is 3.88. The van der Waals surface area contributed by atoms with E-state index in [2.05, 4.69) is 6.92 Å². The lowest BCUT2D eigenvalue weighted by Crippen LogP contribution is -2.37. The summed E-state index contributed by atoms with van der Waals surface area (Å²) < 4.78 is 11.9. The van der Waals surface area contributed by atoms with Crippen molar-refractivity contribution in [2.75, 3.05) is 0 Å². The third kappa shape index (κ3) is 5.98. The quantitative estimate of drug-likeness (QED) is 0.334. The second kappa shape index (κ2) is 10.2. The Labute approximate surface area is 140 Å². The van der Waals surface area contributed by atoms with E-state index in [1.165, 1.54) is 6.42 Å². The minimum Gasteiger partial charge on any atom is -0.478 e. The van der Waals surface area contributed by atoms with Crippen molar-refractivity contribution in [2.24, 2.45) is 11.7 Å². The molecule has 0 bridgehead atoms. The van der Waals surface area contributed by atoms with E-state index in [1.54, 1.807) is 0 Å². The number of aliphatic carboxylic acids is 1. The molecule has 0 aromatic carbocycles. The van der Waals surface area contributed by atoms with E-state index in [4.69, 9.17) is 5.73 Å². The van der Waals surface area contributed by atoms with Crippen LogP contribution in [0.3, 0.4) is 0 Å². The van der Waals surface area contributed by atoms with Crippen LogP contribution in [0.5, 0.6) is 0 Å². The lowest BCUT2D eigenvalue weighted by molar-refractivity contribution is -0.133. The maximum atomic E-state index is 11.9. The van der Waals surface area contributed by atoms with Crippen LogP contribution in [0.15, 0.2) is 11.1 Å². The Morgan fingerprint density at radius 3 is 2.35 bits per heavy atom. The van der Waals surface area contributed by atoms with Gasteiger partial charge in [0.05, 0.1) is 11.6 Å². The van der Waals surface area contributed by atoms with Crippen molar-refractivity contribution >= 4 is 14.0 Å². The molecule has 6 heteroatoms. The second-order valence-corrected chi connectivity index (χ2v) is 7.81. The maximum absolute atomic E-state index is 11.9. The molecular formula is C17H31NO4P+. The Hall–Kier alpha value is -0.770. The number of carbonyl (C=O) groups is 1. The average molecular weight is 344 g/mol. The fourth-order valence-corrected chi connectivity index (χ4v) is 4.57. The highest BCUT2D eigenvalue weighted by Gasteiger charge is 2.43. The first-order chi connectivity index (χ1) is 10.9. The molecule has 23 heavy (non-hydrogen) atoms. The zero-order valence-corrected chi connectivity index (χ0v) is 15.2. The largest absolute Gasteiger partial charge is 0.515 e. The van der Waals surface area contributed by atoms with Gasteiger partial charge in [-0.05, 0) is 36.7 Å². The fraction of sp³-hybridized carbons (Fsp3) is 0.824. The van der Waals surface area contributed by atoms with Crippen LogP contribution in [0.25, 0.3) is 0 Å². The highest BCUT2D eigenvalue weighted by atomic mass is 31.1. The van der Waals surface area contributed by atoms with Crippen molar-refractivity contribution in [1.82, 2.24) is 0 Å². The molecule has 4 N–H and O–H groups in total. The van der Waals surface area contributed by atoms with Crippen LogP contribution < -0.4 is 5.73 Å². The van der Waals surface area contributed by atoms with Gasteiger partial charge in [0.1, 0.15) is 0 Å². The number of allylic oxidation sites excluding steroid dienone is 1. The van der Waals surface area contributed by atoms with Gasteiger partial charge >= 0.3 is 14.0 Å². The van der Waals surface area contributed by atoms with Crippen LogP contribution in [-0.4, -0.2) is 27.7 Å². The number of rotatable bonds is 9. The van der Waals surface area contributed by atoms with Gasteiger partial charge in [0, 0.05) is 0 Å². The van der Waals surface area contributed by atoms with Crippen molar-refractivity contribution < 1.29 is 19.4 Å². The summed E-state index contributed by atoms with van der Waals surface area (Å²) in [6, 6.07) is -0.584. The summed E-state index contributed by atoms with van der Waals surface area (Å²) in [6.07, 6.45) is 8.75. The van der Waals surface area contributed by atoms with Crippen molar-refractivity contribution in [3.63, 3.8) is 0 Å². The monoisotopic (exact) mass is 344 g/mol. The Morgan fingerprint density at radius 2 is 1.87 bits per heavy atom. The minimum absolute atomic E-state index is 0.0875. The Balaban J connectivity index is 3.05. The van der Waals surface area contributed by atoms with Crippen molar-refractivity contribution in [2.45, 2.75) is 83.3 Å². The number of carboxylic acids is 1. The van der Waals surface area contributed by atoms with Gasteiger partial charge in [-0.25, -0.2) is 4.79 Å². The van der Waals surface area contributed by atoms with Gasteiger partial charge in [0.15, 0.2) is 0 Å².